The van der Waals surface area contributed by atoms with Gasteiger partial charge in [-0.2, -0.15) is 0 Å². The normalized spacial score (nSPS) is 9.25. The number of aliphatic hydroxyl groups excluding tert-OH is 3. The van der Waals surface area contributed by atoms with E-state index in [9.17, 15) is 4.79 Å². The maximum absolute atomic E-state index is 11.1. The van der Waals surface area contributed by atoms with E-state index in [1.54, 1.807) is 0 Å². The topological polar surface area (TPSA) is 84.2 Å². The van der Waals surface area contributed by atoms with Crippen LogP contribution in [0, 0.1) is 0 Å². The molecule has 0 aromatic rings. The molecule has 0 saturated carbocycles. The second kappa shape index (κ2) is 5.53. The number of carbonyl (C=O) groups is 1. The minimum atomic E-state index is -0.711. The van der Waals surface area contributed by atoms with Crippen LogP contribution in [-0.4, -0.2) is 51.3 Å². The molecule has 0 aromatic carbocycles. The van der Waals surface area contributed by atoms with Gasteiger partial charge in [0.2, 0.25) is 0 Å². The van der Waals surface area contributed by atoms with Crippen LogP contribution in [-0.2, 0) is 0 Å². The molecule has 0 aliphatic rings. The lowest BCUT2D eigenvalue weighted by Crippen LogP contribution is -2.41. The third kappa shape index (κ3) is 2.50. The molecule has 0 heterocycles. The smallest absolute Gasteiger partial charge is 0.329 e. The van der Waals surface area contributed by atoms with Gasteiger partial charge in [0.05, 0.1) is 0 Å². The van der Waals surface area contributed by atoms with Crippen molar-refractivity contribution in [3.8, 4) is 0 Å². The number of hydrogen-bond acceptors (Lipinski definition) is 4. The second-order valence-corrected chi connectivity index (χ2v) is 1.90. The standard InChI is InChI=1S/C6H12N2O4/c1-2-7(3-9)6(12)8(4-10)5-11/h2,9-11H,1,3-5H2. The van der Waals surface area contributed by atoms with Gasteiger partial charge in [0.1, 0.15) is 20.2 Å². The second-order valence-electron chi connectivity index (χ2n) is 1.90. The van der Waals surface area contributed by atoms with E-state index < -0.39 is 26.2 Å². The molecule has 0 unspecified atom stereocenters. The van der Waals surface area contributed by atoms with Crippen LogP contribution >= 0.6 is 0 Å². The number of urea groups is 1. The molecule has 0 fully saturated rings. The highest BCUT2D eigenvalue weighted by molar-refractivity contribution is 5.74. The molecule has 0 aliphatic heterocycles. The van der Waals surface area contributed by atoms with E-state index in [2.05, 4.69) is 6.58 Å². The number of carbonyl (C=O) groups excluding carboxylic acids is 1. The zero-order valence-corrected chi connectivity index (χ0v) is 6.55. The van der Waals surface area contributed by atoms with Crippen molar-refractivity contribution < 1.29 is 20.1 Å². The van der Waals surface area contributed by atoms with E-state index in [0.717, 1.165) is 16.0 Å². The minimum absolute atomic E-state index is 0.543. The van der Waals surface area contributed by atoms with Gasteiger partial charge in [-0.15, -0.1) is 0 Å². The third-order valence-corrected chi connectivity index (χ3v) is 1.23. The summed E-state index contributed by atoms with van der Waals surface area (Å²) in [6.07, 6.45) is 1.10. The van der Waals surface area contributed by atoms with Crippen LogP contribution < -0.4 is 0 Å². The van der Waals surface area contributed by atoms with Gasteiger partial charge in [-0.3, -0.25) is 9.80 Å². The van der Waals surface area contributed by atoms with E-state index in [-0.39, 0.29) is 0 Å². The summed E-state index contributed by atoms with van der Waals surface area (Å²) < 4.78 is 0. The Hall–Kier alpha value is -1.11. The first-order valence-corrected chi connectivity index (χ1v) is 3.22. The molecule has 0 aliphatic carbocycles. The fourth-order valence-corrected chi connectivity index (χ4v) is 0.544. The molecule has 6 heteroatoms. The molecule has 6 nitrogen and oxygen atoms in total. The molecular formula is C6H12N2O4. The Bertz CT molecular complexity index is 158. The van der Waals surface area contributed by atoms with Crippen molar-refractivity contribution in [3.05, 3.63) is 12.8 Å². The van der Waals surface area contributed by atoms with Crippen molar-refractivity contribution in [3.63, 3.8) is 0 Å². The van der Waals surface area contributed by atoms with E-state index in [1.807, 2.05) is 0 Å². The maximum Gasteiger partial charge on any atom is 0.329 e. The van der Waals surface area contributed by atoms with Gasteiger partial charge in [0.15, 0.2) is 0 Å². The van der Waals surface area contributed by atoms with E-state index in [1.165, 1.54) is 0 Å². The number of aliphatic hydroxyl groups is 3. The molecule has 0 atom stereocenters. The van der Waals surface area contributed by atoms with Crippen LogP contribution in [0.1, 0.15) is 0 Å². The molecule has 12 heavy (non-hydrogen) atoms. The summed E-state index contributed by atoms with van der Waals surface area (Å²) in [6, 6.07) is -0.711. The fraction of sp³-hybridized carbons (Fsp3) is 0.500. The van der Waals surface area contributed by atoms with Crippen molar-refractivity contribution in [1.29, 1.82) is 0 Å². The predicted octanol–water partition coefficient (Wildman–Crippen LogP) is -1.30. The predicted molar refractivity (Wildman–Crippen MR) is 40.5 cm³/mol. The average Bonchev–Trinajstić information content (AvgIpc) is 2.09. The van der Waals surface area contributed by atoms with Crippen molar-refractivity contribution in [2.75, 3.05) is 20.2 Å². The molecular weight excluding hydrogens is 164 g/mol. The van der Waals surface area contributed by atoms with Gasteiger partial charge in [-0.05, 0) is 0 Å². The fourth-order valence-electron chi connectivity index (χ4n) is 0.544. The summed E-state index contributed by atoms with van der Waals surface area (Å²) in [7, 11) is 0. The SMILES string of the molecule is C=CN(CO)C(=O)N(CO)CO. The molecule has 0 saturated heterocycles. The van der Waals surface area contributed by atoms with Crippen molar-refractivity contribution in [2.45, 2.75) is 0 Å². The van der Waals surface area contributed by atoms with Gasteiger partial charge < -0.3 is 15.3 Å². The van der Waals surface area contributed by atoms with Gasteiger partial charge >= 0.3 is 6.03 Å². The molecule has 3 N–H and O–H groups in total. The van der Waals surface area contributed by atoms with E-state index in [4.69, 9.17) is 15.3 Å². The van der Waals surface area contributed by atoms with Crippen molar-refractivity contribution in [1.82, 2.24) is 9.80 Å². The quantitative estimate of drug-likeness (QED) is 0.465. The van der Waals surface area contributed by atoms with Crippen LogP contribution in [0.2, 0.25) is 0 Å². The molecule has 2 amide bonds. The Morgan fingerprint density at radius 3 is 2.00 bits per heavy atom. The van der Waals surface area contributed by atoms with Crippen molar-refractivity contribution in [2.24, 2.45) is 0 Å². The molecule has 0 aromatic heterocycles. The minimum Gasteiger partial charge on any atom is -0.376 e. The molecule has 0 spiro atoms. The summed E-state index contributed by atoms with van der Waals surface area (Å²) >= 11 is 0. The zero-order chi connectivity index (χ0) is 9.56. The Labute approximate surface area is 69.9 Å². The Balaban J connectivity index is 4.22. The first-order valence-electron chi connectivity index (χ1n) is 3.22. The summed E-state index contributed by atoms with van der Waals surface area (Å²) in [5.74, 6) is 0. The summed E-state index contributed by atoms with van der Waals surface area (Å²) in [4.78, 5) is 12.6. The first kappa shape index (κ1) is 10.9. The number of amides is 2. The lowest BCUT2D eigenvalue weighted by molar-refractivity contribution is 0.0359. The summed E-state index contributed by atoms with van der Waals surface area (Å²) in [6.45, 7) is 1.49. The van der Waals surface area contributed by atoms with Crippen LogP contribution in [0.15, 0.2) is 12.8 Å². The van der Waals surface area contributed by atoms with E-state index in [0.29, 0.717) is 0 Å². The Kier molecular flexibility index (Phi) is 5.02. The first-order chi connectivity index (χ1) is 5.71. The van der Waals surface area contributed by atoms with Crippen LogP contribution in [0.3, 0.4) is 0 Å². The Morgan fingerprint density at radius 1 is 1.25 bits per heavy atom. The highest BCUT2D eigenvalue weighted by Crippen LogP contribution is 1.96. The zero-order valence-electron chi connectivity index (χ0n) is 6.55. The number of rotatable bonds is 4. The van der Waals surface area contributed by atoms with Crippen LogP contribution in [0.4, 0.5) is 4.79 Å². The number of nitrogens with zero attached hydrogens (tertiary/aromatic N) is 2. The van der Waals surface area contributed by atoms with Gasteiger partial charge in [-0.1, -0.05) is 6.58 Å². The molecule has 0 bridgehead atoms. The maximum atomic E-state index is 11.1. The van der Waals surface area contributed by atoms with Gasteiger partial charge in [0.25, 0.3) is 0 Å². The monoisotopic (exact) mass is 176 g/mol. The molecule has 70 valence electrons. The molecule has 0 rings (SSSR count). The summed E-state index contributed by atoms with van der Waals surface area (Å²) in [5, 5.41) is 25.7. The highest BCUT2D eigenvalue weighted by Gasteiger charge is 2.15. The van der Waals surface area contributed by atoms with Crippen LogP contribution in [0.5, 0.6) is 0 Å². The number of hydrogen-bond donors (Lipinski definition) is 3. The van der Waals surface area contributed by atoms with E-state index >= 15 is 0 Å². The third-order valence-electron chi connectivity index (χ3n) is 1.23. The van der Waals surface area contributed by atoms with Crippen molar-refractivity contribution >= 4 is 6.03 Å². The molecule has 0 radical (unpaired) electrons. The Morgan fingerprint density at radius 2 is 1.75 bits per heavy atom. The largest absolute Gasteiger partial charge is 0.376 e. The highest BCUT2D eigenvalue weighted by atomic mass is 16.3. The lowest BCUT2D eigenvalue weighted by Gasteiger charge is -2.23. The lowest BCUT2D eigenvalue weighted by atomic mass is 10.7. The average molecular weight is 176 g/mol. The summed E-state index contributed by atoms with van der Waals surface area (Å²) in [5.41, 5.74) is 0. The van der Waals surface area contributed by atoms with Gasteiger partial charge in [0, 0.05) is 6.20 Å². The van der Waals surface area contributed by atoms with Crippen LogP contribution in [0.25, 0.3) is 0 Å². The van der Waals surface area contributed by atoms with Gasteiger partial charge in [-0.25, -0.2) is 4.79 Å².